The van der Waals surface area contributed by atoms with Gasteiger partial charge in [-0.25, -0.2) is 4.79 Å². The topological polar surface area (TPSA) is 42.2 Å². The Kier molecular flexibility index (Phi) is 3.37. The lowest BCUT2D eigenvalue weighted by molar-refractivity contribution is 0.0696. The van der Waals surface area contributed by atoms with Crippen molar-refractivity contribution in [3.63, 3.8) is 0 Å². The molecule has 2 aromatic rings. The van der Waals surface area contributed by atoms with Crippen molar-refractivity contribution in [3.05, 3.63) is 51.3 Å². The van der Waals surface area contributed by atoms with E-state index in [-0.39, 0.29) is 5.56 Å². The third kappa shape index (κ3) is 2.11. The SMILES string of the molecule is Cc1cc(C(=O)O)c(C)n1-c1cc(Cl)ccc1Cl. The highest BCUT2D eigenvalue weighted by atomic mass is 35.5. The molecule has 0 unspecified atom stereocenters. The van der Waals surface area contributed by atoms with Gasteiger partial charge in [-0.15, -0.1) is 0 Å². The van der Waals surface area contributed by atoms with E-state index in [9.17, 15) is 4.79 Å². The predicted molar refractivity (Wildman–Crippen MR) is 72.2 cm³/mol. The number of nitrogens with zero attached hydrogens (tertiary/aromatic N) is 1. The summed E-state index contributed by atoms with van der Waals surface area (Å²) in [6, 6.07) is 6.72. The monoisotopic (exact) mass is 283 g/mol. The summed E-state index contributed by atoms with van der Waals surface area (Å²) in [4.78, 5) is 11.1. The van der Waals surface area contributed by atoms with Crippen molar-refractivity contribution in [1.82, 2.24) is 4.57 Å². The minimum Gasteiger partial charge on any atom is -0.478 e. The van der Waals surface area contributed by atoms with Gasteiger partial charge in [0.15, 0.2) is 0 Å². The molecule has 0 atom stereocenters. The summed E-state index contributed by atoms with van der Waals surface area (Å²) in [5, 5.41) is 10.2. The van der Waals surface area contributed by atoms with Gasteiger partial charge in [0.2, 0.25) is 0 Å². The Balaban J connectivity index is 2.71. The lowest BCUT2D eigenvalue weighted by Crippen LogP contribution is -2.03. The molecule has 0 fully saturated rings. The maximum atomic E-state index is 11.1. The molecule has 1 N–H and O–H groups in total. The van der Waals surface area contributed by atoms with Crippen molar-refractivity contribution in [2.45, 2.75) is 13.8 Å². The van der Waals surface area contributed by atoms with E-state index in [0.717, 1.165) is 5.69 Å². The first-order valence-corrected chi connectivity index (χ1v) is 6.05. The van der Waals surface area contributed by atoms with Gasteiger partial charge < -0.3 is 9.67 Å². The van der Waals surface area contributed by atoms with Gasteiger partial charge in [0.25, 0.3) is 0 Å². The van der Waals surface area contributed by atoms with Crippen molar-refractivity contribution < 1.29 is 9.90 Å². The van der Waals surface area contributed by atoms with Gasteiger partial charge in [-0.3, -0.25) is 0 Å². The molecule has 94 valence electrons. The highest BCUT2D eigenvalue weighted by molar-refractivity contribution is 6.34. The van der Waals surface area contributed by atoms with Gasteiger partial charge in [0.1, 0.15) is 0 Å². The lowest BCUT2D eigenvalue weighted by atomic mass is 10.2. The summed E-state index contributed by atoms with van der Waals surface area (Å²) >= 11 is 12.1. The number of rotatable bonds is 2. The summed E-state index contributed by atoms with van der Waals surface area (Å²) in [5.41, 5.74) is 2.38. The van der Waals surface area contributed by atoms with Crippen LogP contribution in [0, 0.1) is 13.8 Å². The highest BCUT2D eigenvalue weighted by Crippen LogP contribution is 2.28. The average Bonchev–Trinajstić information content (AvgIpc) is 2.58. The number of aromatic carboxylic acids is 1. The van der Waals surface area contributed by atoms with Gasteiger partial charge in [-0.2, -0.15) is 0 Å². The predicted octanol–water partition coefficient (Wildman–Crippen LogP) is 4.10. The zero-order valence-electron chi connectivity index (χ0n) is 9.87. The average molecular weight is 284 g/mol. The molecule has 18 heavy (non-hydrogen) atoms. The Morgan fingerprint density at radius 2 is 1.89 bits per heavy atom. The molecule has 0 spiro atoms. The Morgan fingerprint density at radius 3 is 2.44 bits per heavy atom. The van der Waals surface area contributed by atoms with Crippen LogP contribution in [0.2, 0.25) is 10.0 Å². The summed E-state index contributed by atoms with van der Waals surface area (Å²) in [5.74, 6) is -0.951. The maximum Gasteiger partial charge on any atom is 0.337 e. The van der Waals surface area contributed by atoms with Crippen LogP contribution in [-0.2, 0) is 0 Å². The summed E-state index contributed by atoms with van der Waals surface area (Å²) in [7, 11) is 0. The number of carbonyl (C=O) groups is 1. The Labute approximate surface area is 115 Å². The van der Waals surface area contributed by atoms with Crippen LogP contribution in [0.25, 0.3) is 5.69 Å². The molecular formula is C13H11Cl2NO2. The molecule has 0 saturated carbocycles. The molecular weight excluding hydrogens is 273 g/mol. The number of hydrogen-bond acceptors (Lipinski definition) is 1. The number of hydrogen-bond donors (Lipinski definition) is 1. The van der Waals surface area contributed by atoms with Crippen molar-refractivity contribution in [1.29, 1.82) is 0 Å². The molecule has 1 aromatic heterocycles. The van der Waals surface area contributed by atoms with Crippen molar-refractivity contribution in [2.75, 3.05) is 0 Å². The fraction of sp³-hybridized carbons (Fsp3) is 0.154. The second-order valence-corrected chi connectivity index (χ2v) is 4.86. The van der Waals surface area contributed by atoms with E-state index >= 15 is 0 Å². The summed E-state index contributed by atoms with van der Waals surface area (Å²) in [6.07, 6.45) is 0. The van der Waals surface area contributed by atoms with Crippen LogP contribution < -0.4 is 0 Å². The highest BCUT2D eigenvalue weighted by Gasteiger charge is 2.17. The van der Waals surface area contributed by atoms with Crippen molar-refractivity contribution >= 4 is 29.2 Å². The van der Waals surface area contributed by atoms with E-state index < -0.39 is 5.97 Å². The number of carboxylic acid groups (broad SMARTS) is 1. The standard InChI is InChI=1S/C13H11Cl2NO2/c1-7-5-10(13(17)18)8(2)16(7)12-6-9(14)3-4-11(12)15/h3-6H,1-2H3,(H,17,18). The zero-order valence-corrected chi connectivity index (χ0v) is 11.4. The molecule has 2 rings (SSSR count). The van der Waals surface area contributed by atoms with Crippen LogP contribution in [0.15, 0.2) is 24.3 Å². The Hall–Kier alpha value is -1.45. The molecule has 5 heteroatoms. The van der Waals surface area contributed by atoms with Crippen LogP contribution >= 0.6 is 23.2 Å². The van der Waals surface area contributed by atoms with E-state index in [1.165, 1.54) is 0 Å². The second-order valence-electron chi connectivity index (χ2n) is 4.02. The van der Waals surface area contributed by atoms with Gasteiger partial charge in [0, 0.05) is 16.4 Å². The third-order valence-electron chi connectivity index (χ3n) is 2.81. The van der Waals surface area contributed by atoms with Gasteiger partial charge in [-0.05, 0) is 38.1 Å². The smallest absolute Gasteiger partial charge is 0.337 e. The van der Waals surface area contributed by atoms with E-state index in [0.29, 0.717) is 21.4 Å². The lowest BCUT2D eigenvalue weighted by Gasteiger charge is -2.11. The zero-order chi connectivity index (χ0) is 13.4. The summed E-state index contributed by atoms with van der Waals surface area (Å²) in [6.45, 7) is 3.57. The van der Waals surface area contributed by atoms with E-state index in [4.69, 9.17) is 28.3 Å². The number of carboxylic acids is 1. The van der Waals surface area contributed by atoms with Crippen LogP contribution in [0.3, 0.4) is 0 Å². The molecule has 0 radical (unpaired) electrons. The molecule has 0 amide bonds. The number of halogens is 2. The number of benzene rings is 1. The first-order valence-electron chi connectivity index (χ1n) is 5.29. The largest absolute Gasteiger partial charge is 0.478 e. The van der Waals surface area contributed by atoms with Gasteiger partial charge in [-0.1, -0.05) is 23.2 Å². The Morgan fingerprint density at radius 1 is 1.22 bits per heavy atom. The molecule has 0 saturated heterocycles. The maximum absolute atomic E-state index is 11.1. The molecule has 3 nitrogen and oxygen atoms in total. The molecule has 0 aliphatic rings. The van der Waals surface area contributed by atoms with E-state index in [2.05, 4.69) is 0 Å². The molecule has 1 heterocycles. The van der Waals surface area contributed by atoms with Gasteiger partial charge >= 0.3 is 5.97 Å². The van der Waals surface area contributed by atoms with E-state index in [1.54, 1.807) is 35.8 Å². The molecule has 1 aromatic carbocycles. The summed E-state index contributed by atoms with van der Waals surface area (Å²) < 4.78 is 1.79. The first-order chi connectivity index (χ1) is 8.41. The fourth-order valence-corrected chi connectivity index (χ4v) is 2.38. The molecule has 0 bridgehead atoms. The molecule has 0 aliphatic carbocycles. The van der Waals surface area contributed by atoms with Crippen LogP contribution in [0.4, 0.5) is 0 Å². The third-order valence-corrected chi connectivity index (χ3v) is 3.37. The first kappa shape index (κ1) is 13.0. The number of aromatic nitrogens is 1. The minimum atomic E-state index is -0.951. The fourth-order valence-electron chi connectivity index (χ4n) is 2.01. The molecule has 0 aliphatic heterocycles. The van der Waals surface area contributed by atoms with Gasteiger partial charge in [0.05, 0.1) is 16.3 Å². The minimum absolute atomic E-state index is 0.267. The van der Waals surface area contributed by atoms with Crippen LogP contribution in [0.1, 0.15) is 21.7 Å². The van der Waals surface area contributed by atoms with Crippen molar-refractivity contribution in [3.8, 4) is 5.69 Å². The van der Waals surface area contributed by atoms with E-state index in [1.807, 2.05) is 6.92 Å². The quantitative estimate of drug-likeness (QED) is 0.902. The van der Waals surface area contributed by atoms with Crippen LogP contribution in [0.5, 0.6) is 0 Å². The van der Waals surface area contributed by atoms with Crippen LogP contribution in [-0.4, -0.2) is 15.6 Å². The van der Waals surface area contributed by atoms with Crippen molar-refractivity contribution in [2.24, 2.45) is 0 Å². The second kappa shape index (κ2) is 4.67. The normalized spacial score (nSPS) is 10.7. The Bertz CT molecular complexity index is 632. The number of aryl methyl sites for hydroxylation is 1.